The molecule has 3 aromatic carbocycles. The Morgan fingerprint density at radius 3 is 2.27 bits per heavy atom. The molecule has 1 amide bonds. The quantitative estimate of drug-likeness (QED) is 0.399. The predicted octanol–water partition coefficient (Wildman–Crippen LogP) is 5.05. The zero-order valence-corrected chi connectivity index (χ0v) is 21.0. The molecule has 1 heterocycles. The molecule has 7 nitrogen and oxygen atoms in total. The fourth-order valence-corrected chi connectivity index (χ4v) is 4.64. The summed E-state index contributed by atoms with van der Waals surface area (Å²) < 4.78 is 31.4. The zero-order valence-electron chi connectivity index (χ0n) is 21.0. The van der Waals surface area contributed by atoms with Crippen LogP contribution < -0.4 is 4.90 Å². The standard InChI is InChI=1S/C29H31FN2O5/c1-35-26-19-31(25-15-9-14-23(27(25)30)28(33)36-2)17-16-24(26)32(18-21-10-5-3-6-11-21)29(34)37-20-22-12-7-4-8-13-22/h3-15,24,26H,16-20H2,1-2H3. The van der Waals surface area contributed by atoms with E-state index in [1.807, 2.05) is 65.6 Å². The first-order valence-electron chi connectivity index (χ1n) is 12.2. The van der Waals surface area contributed by atoms with Crippen LogP contribution in [0.4, 0.5) is 14.9 Å². The third kappa shape index (κ3) is 6.27. The molecule has 0 spiro atoms. The number of hydrogen-bond donors (Lipinski definition) is 0. The van der Waals surface area contributed by atoms with Crippen LogP contribution in [0.15, 0.2) is 78.9 Å². The number of carbonyl (C=O) groups excluding carboxylic acids is 2. The molecule has 37 heavy (non-hydrogen) atoms. The van der Waals surface area contributed by atoms with E-state index in [4.69, 9.17) is 14.2 Å². The van der Waals surface area contributed by atoms with Gasteiger partial charge in [-0.05, 0) is 29.7 Å². The van der Waals surface area contributed by atoms with Crippen molar-refractivity contribution in [1.82, 2.24) is 4.90 Å². The van der Waals surface area contributed by atoms with E-state index in [0.29, 0.717) is 31.7 Å². The molecule has 0 aliphatic carbocycles. The van der Waals surface area contributed by atoms with Crippen molar-refractivity contribution in [2.45, 2.75) is 31.7 Å². The lowest BCUT2D eigenvalue weighted by Gasteiger charge is -2.43. The Labute approximate surface area is 216 Å². The van der Waals surface area contributed by atoms with E-state index in [0.717, 1.165) is 11.1 Å². The van der Waals surface area contributed by atoms with Gasteiger partial charge < -0.3 is 19.1 Å². The van der Waals surface area contributed by atoms with Crippen molar-refractivity contribution < 1.29 is 28.2 Å². The first-order valence-corrected chi connectivity index (χ1v) is 12.2. The second kappa shape index (κ2) is 12.4. The fraction of sp³-hybridized carbons (Fsp3) is 0.310. The normalized spacial score (nSPS) is 17.2. The number of halogens is 1. The molecule has 2 atom stereocenters. The number of piperidine rings is 1. The van der Waals surface area contributed by atoms with E-state index in [1.165, 1.54) is 13.2 Å². The van der Waals surface area contributed by atoms with Crippen LogP contribution in [0.3, 0.4) is 0 Å². The van der Waals surface area contributed by atoms with Gasteiger partial charge in [0.1, 0.15) is 6.61 Å². The molecule has 1 fully saturated rings. The van der Waals surface area contributed by atoms with E-state index in [9.17, 15) is 9.59 Å². The number of methoxy groups -OCH3 is 2. The molecule has 2 unspecified atom stereocenters. The lowest BCUT2D eigenvalue weighted by molar-refractivity contribution is -0.00341. The van der Waals surface area contributed by atoms with Crippen molar-refractivity contribution in [3.8, 4) is 0 Å². The molecule has 1 aliphatic rings. The van der Waals surface area contributed by atoms with Gasteiger partial charge in [-0.25, -0.2) is 14.0 Å². The Bertz CT molecular complexity index is 1190. The summed E-state index contributed by atoms with van der Waals surface area (Å²) in [4.78, 5) is 28.9. The van der Waals surface area contributed by atoms with E-state index in [1.54, 1.807) is 24.1 Å². The van der Waals surface area contributed by atoms with Crippen molar-refractivity contribution in [2.24, 2.45) is 0 Å². The van der Waals surface area contributed by atoms with Crippen molar-refractivity contribution in [1.29, 1.82) is 0 Å². The monoisotopic (exact) mass is 506 g/mol. The van der Waals surface area contributed by atoms with E-state index >= 15 is 4.39 Å². The molecule has 1 aliphatic heterocycles. The minimum atomic E-state index is -0.729. The topological polar surface area (TPSA) is 68.3 Å². The molecule has 194 valence electrons. The molecule has 3 aromatic rings. The van der Waals surface area contributed by atoms with Gasteiger partial charge in [0.25, 0.3) is 0 Å². The fourth-order valence-electron chi connectivity index (χ4n) is 4.64. The Kier molecular flexibility index (Phi) is 8.74. The number of amides is 1. The number of hydrogen-bond acceptors (Lipinski definition) is 6. The van der Waals surface area contributed by atoms with Gasteiger partial charge in [-0.15, -0.1) is 0 Å². The first-order chi connectivity index (χ1) is 18.0. The second-order valence-corrected chi connectivity index (χ2v) is 8.86. The SMILES string of the molecule is COC(=O)c1cccc(N2CCC(N(Cc3ccccc3)C(=O)OCc3ccccc3)C(OC)C2)c1F. The van der Waals surface area contributed by atoms with Gasteiger partial charge in [-0.2, -0.15) is 0 Å². The van der Waals surface area contributed by atoms with Crippen LogP contribution in [0.2, 0.25) is 0 Å². The molecule has 0 bridgehead atoms. The van der Waals surface area contributed by atoms with Crippen LogP contribution in [0.5, 0.6) is 0 Å². The van der Waals surface area contributed by atoms with E-state index in [-0.39, 0.29) is 18.2 Å². The lowest BCUT2D eigenvalue weighted by atomic mass is 9.98. The largest absolute Gasteiger partial charge is 0.465 e. The highest BCUT2D eigenvalue weighted by atomic mass is 19.1. The highest BCUT2D eigenvalue weighted by Gasteiger charge is 2.37. The average Bonchev–Trinajstić information content (AvgIpc) is 2.95. The molecular formula is C29H31FN2O5. The van der Waals surface area contributed by atoms with Crippen molar-refractivity contribution in [2.75, 3.05) is 32.2 Å². The maximum absolute atomic E-state index is 15.2. The Balaban J connectivity index is 1.54. The molecule has 0 aromatic heterocycles. The first kappa shape index (κ1) is 26.2. The van der Waals surface area contributed by atoms with Gasteiger partial charge in [0.15, 0.2) is 5.82 Å². The van der Waals surface area contributed by atoms with Crippen LogP contribution in [0.1, 0.15) is 27.9 Å². The Hall–Kier alpha value is -3.91. The van der Waals surface area contributed by atoms with Crippen molar-refractivity contribution in [3.05, 3.63) is 101 Å². The van der Waals surface area contributed by atoms with Gasteiger partial charge in [-0.1, -0.05) is 66.7 Å². The van der Waals surface area contributed by atoms with Gasteiger partial charge in [0.2, 0.25) is 0 Å². The predicted molar refractivity (Wildman–Crippen MR) is 138 cm³/mol. The summed E-state index contributed by atoms with van der Waals surface area (Å²) in [5, 5.41) is 0. The molecule has 4 rings (SSSR count). The maximum Gasteiger partial charge on any atom is 0.410 e. The smallest absolute Gasteiger partial charge is 0.410 e. The Morgan fingerprint density at radius 1 is 0.946 bits per heavy atom. The molecule has 0 N–H and O–H groups in total. The van der Waals surface area contributed by atoms with Gasteiger partial charge >= 0.3 is 12.1 Å². The summed E-state index contributed by atoms with van der Waals surface area (Å²) in [5.41, 5.74) is 2.04. The number of nitrogens with zero attached hydrogens (tertiary/aromatic N) is 2. The van der Waals surface area contributed by atoms with E-state index < -0.39 is 24.0 Å². The van der Waals surface area contributed by atoms with Crippen LogP contribution in [-0.4, -0.2) is 56.4 Å². The molecule has 8 heteroatoms. The van der Waals surface area contributed by atoms with Crippen LogP contribution in [0.25, 0.3) is 0 Å². The molecule has 0 saturated carbocycles. The number of anilines is 1. The summed E-state index contributed by atoms with van der Waals surface area (Å²) in [6.45, 7) is 1.31. The maximum atomic E-state index is 15.2. The summed E-state index contributed by atoms with van der Waals surface area (Å²) in [7, 11) is 2.80. The number of esters is 1. The molecule has 0 radical (unpaired) electrons. The van der Waals surface area contributed by atoms with Crippen molar-refractivity contribution in [3.63, 3.8) is 0 Å². The highest BCUT2D eigenvalue weighted by molar-refractivity contribution is 5.91. The number of rotatable bonds is 8. The zero-order chi connectivity index (χ0) is 26.2. The Morgan fingerprint density at radius 2 is 1.62 bits per heavy atom. The highest BCUT2D eigenvalue weighted by Crippen LogP contribution is 2.29. The van der Waals surface area contributed by atoms with Crippen LogP contribution in [-0.2, 0) is 27.4 Å². The van der Waals surface area contributed by atoms with E-state index in [2.05, 4.69) is 0 Å². The molecule has 1 saturated heterocycles. The minimum absolute atomic E-state index is 0.119. The lowest BCUT2D eigenvalue weighted by Crippen LogP contribution is -2.56. The second-order valence-electron chi connectivity index (χ2n) is 8.86. The summed E-state index contributed by atoms with van der Waals surface area (Å²) >= 11 is 0. The number of carbonyl (C=O) groups is 2. The summed E-state index contributed by atoms with van der Waals surface area (Å²) in [5.74, 6) is -1.36. The average molecular weight is 507 g/mol. The minimum Gasteiger partial charge on any atom is -0.465 e. The van der Waals surface area contributed by atoms with Gasteiger partial charge in [0, 0.05) is 26.7 Å². The van der Waals surface area contributed by atoms with Gasteiger partial charge in [-0.3, -0.25) is 4.90 Å². The van der Waals surface area contributed by atoms with Gasteiger partial charge in [0.05, 0.1) is 30.5 Å². The molecular weight excluding hydrogens is 475 g/mol. The van der Waals surface area contributed by atoms with Crippen LogP contribution in [0, 0.1) is 5.82 Å². The third-order valence-corrected chi connectivity index (χ3v) is 6.59. The third-order valence-electron chi connectivity index (χ3n) is 6.59. The van der Waals surface area contributed by atoms with Crippen LogP contribution >= 0.6 is 0 Å². The number of benzene rings is 3. The van der Waals surface area contributed by atoms with Crippen molar-refractivity contribution >= 4 is 17.7 Å². The summed E-state index contributed by atoms with van der Waals surface area (Å²) in [6.07, 6.45) is -0.330. The summed E-state index contributed by atoms with van der Waals surface area (Å²) in [6, 6.07) is 23.6. The number of ether oxygens (including phenoxy) is 3.